The molecule has 1 aromatic carbocycles. The van der Waals surface area contributed by atoms with Gasteiger partial charge in [-0.3, -0.25) is 4.79 Å². The van der Waals surface area contributed by atoms with Crippen LogP contribution in [0.5, 0.6) is 0 Å². The minimum atomic E-state index is -1.27. The number of amides is 1. The Morgan fingerprint density at radius 1 is 1.62 bits per heavy atom. The highest BCUT2D eigenvalue weighted by atomic mass is 35.5. The van der Waals surface area contributed by atoms with Gasteiger partial charge in [0, 0.05) is 5.69 Å². The van der Waals surface area contributed by atoms with Crippen LogP contribution < -0.4 is 5.32 Å². The molecule has 0 aliphatic heterocycles. The van der Waals surface area contributed by atoms with E-state index < -0.39 is 12.0 Å². The number of carbonyl (C=O) groups is 1. The maximum absolute atomic E-state index is 11.3. The molecule has 0 fully saturated rings. The van der Waals surface area contributed by atoms with Crippen LogP contribution in [0.25, 0.3) is 0 Å². The van der Waals surface area contributed by atoms with Crippen molar-refractivity contribution in [2.45, 2.75) is 6.10 Å². The molecule has 0 spiro atoms. The lowest BCUT2D eigenvalue weighted by molar-refractivity contribution is -0.122. The molecule has 1 rings (SSSR count). The number of alkyl halides is 1. The standard InChI is InChI=1S/C10H8Cl2N2O2/c11-4-9(15)10(16)14-7-2-1-6(5-13)8(12)3-7/h1-3,9,15H,4H2,(H,14,16). The molecule has 0 aromatic heterocycles. The van der Waals surface area contributed by atoms with Gasteiger partial charge >= 0.3 is 0 Å². The number of nitriles is 1. The number of aliphatic hydroxyl groups excluding tert-OH is 1. The Balaban J connectivity index is 2.80. The monoisotopic (exact) mass is 258 g/mol. The SMILES string of the molecule is N#Cc1ccc(NC(=O)C(O)CCl)cc1Cl. The fourth-order valence-electron chi connectivity index (χ4n) is 0.979. The fraction of sp³-hybridized carbons (Fsp3) is 0.200. The fourth-order valence-corrected chi connectivity index (χ4v) is 1.34. The van der Waals surface area contributed by atoms with Gasteiger partial charge in [0.05, 0.1) is 16.5 Å². The highest BCUT2D eigenvalue weighted by Gasteiger charge is 2.13. The molecule has 6 heteroatoms. The van der Waals surface area contributed by atoms with Gasteiger partial charge in [-0.1, -0.05) is 11.6 Å². The van der Waals surface area contributed by atoms with Gasteiger partial charge < -0.3 is 10.4 Å². The number of carbonyl (C=O) groups excluding carboxylic acids is 1. The quantitative estimate of drug-likeness (QED) is 0.812. The van der Waals surface area contributed by atoms with Crippen molar-refractivity contribution in [1.29, 1.82) is 5.26 Å². The number of nitrogens with one attached hydrogen (secondary N) is 1. The molecule has 2 N–H and O–H groups in total. The molecule has 4 nitrogen and oxygen atoms in total. The number of aliphatic hydroxyl groups is 1. The second kappa shape index (κ2) is 5.71. The van der Waals surface area contributed by atoms with E-state index >= 15 is 0 Å². The van der Waals surface area contributed by atoms with Crippen LogP contribution in [0.2, 0.25) is 5.02 Å². The summed E-state index contributed by atoms with van der Waals surface area (Å²) in [7, 11) is 0. The van der Waals surface area contributed by atoms with Crippen molar-refractivity contribution in [3.8, 4) is 6.07 Å². The summed E-state index contributed by atoms with van der Waals surface area (Å²) >= 11 is 11.1. The van der Waals surface area contributed by atoms with Crippen LogP contribution in [-0.4, -0.2) is 23.0 Å². The van der Waals surface area contributed by atoms with Gasteiger partial charge in [-0.05, 0) is 18.2 Å². The minimum Gasteiger partial charge on any atom is -0.382 e. The molecule has 1 atom stereocenters. The van der Waals surface area contributed by atoms with Gasteiger partial charge in [0.1, 0.15) is 12.2 Å². The molecular weight excluding hydrogens is 251 g/mol. The zero-order valence-electron chi connectivity index (χ0n) is 8.08. The van der Waals surface area contributed by atoms with E-state index in [2.05, 4.69) is 5.32 Å². The second-order valence-corrected chi connectivity index (χ2v) is 3.68. The largest absolute Gasteiger partial charge is 0.382 e. The zero-order valence-corrected chi connectivity index (χ0v) is 9.59. The highest BCUT2D eigenvalue weighted by Crippen LogP contribution is 2.20. The molecule has 1 unspecified atom stereocenters. The van der Waals surface area contributed by atoms with Crippen molar-refractivity contribution in [2.75, 3.05) is 11.2 Å². The van der Waals surface area contributed by atoms with Crippen molar-refractivity contribution < 1.29 is 9.90 Å². The van der Waals surface area contributed by atoms with Crippen molar-refractivity contribution in [2.24, 2.45) is 0 Å². The number of hydrogen-bond donors (Lipinski definition) is 2. The molecule has 0 saturated heterocycles. The van der Waals surface area contributed by atoms with Crippen LogP contribution in [0.1, 0.15) is 5.56 Å². The first-order valence-electron chi connectivity index (χ1n) is 4.33. The summed E-state index contributed by atoms with van der Waals surface area (Å²) in [6.45, 7) is 0. The van der Waals surface area contributed by atoms with Crippen LogP contribution in [0.15, 0.2) is 18.2 Å². The summed E-state index contributed by atoms with van der Waals surface area (Å²) in [6, 6.07) is 6.32. The summed E-state index contributed by atoms with van der Waals surface area (Å²) in [5.41, 5.74) is 0.718. The number of benzene rings is 1. The molecule has 16 heavy (non-hydrogen) atoms. The van der Waals surface area contributed by atoms with Crippen molar-refractivity contribution >= 4 is 34.8 Å². The third-order valence-electron chi connectivity index (χ3n) is 1.81. The van der Waals surface area contributed by atoms with Crippen LogP contribution in [-0.2, 0) is 4.79 Å². The van der Waals surface area contributed by atoms with E-state index in [1.54, 1.807) is 0 Å². The summed E-state index contributed by atoms with van der Waals surface area (Å²) in [6.07, 6.45) is -1.27. The van der Waals surface area contributed by atoms with E-state index in [4.69, 9.17) is 33.6 Å². The van der Waals surface area contributed by atoms with Crippen LogP contribution in [0, 0.1) is 11.3 Å². The van der Waals surface area contributed by atoms with E-state index in [1.165, 1.54) is 18.2 Å². The Kier molecular flexibility index (Phi) is 4.56. The van der Waals surface area contributed by atoms with Gasteiger partial charge in [0.15, 0.2) is 0 Å². The number of rotatable bonds is 3. The Labute approximate surface area is 102 Å². The van der Waals surface area contributed by atoms with E-state index in [9.17, 15) is 4.79 Å². The lowest BCUT2D eigenvalue weighted by atomic mass is 10.2. The predicted molar refractivity (Wildman–Crippen MR) is 61.5 cm³/mol. The highest BCUT2D eigenvalue weighted by molar-refractivity contribution is 6.32. The lowest BCUT2D eigenvalue weighted by Crippen LogP contribution is -2.28. The molecule has 1 aromatic rings. The minimum absolute atomic E-state index is 0.185. The Hall–Kier alpha value is -1.28. The molecule has 84 valence electrons. The average Bonchev–Trinajstić information content (AvgIpc) is 2.28. The number of anilines is 1. The van der Waals surface area contributed by atoms with Crippen molar-refractivity contribution in [1.82, 2.24) is 0 Å². The number of nitrogens with zero attached hydrogens (tertiary/aromatic N) is 1. The van der Waals surface area contributed by atoms with E-state index in [0.717, 1.165) is 0 Å². The topological polar surface area (TPSA) is 73.1 Å². The first-order valence-corrected chi connectivity index (χ1v) is 5.24. The first-order chi connectivity index (χ1) is 7.58. The molecule has 0 aliphatic rings. The summed E-state index contributed by atoms with van der Waals surface area (Å²) in [5, 5.41) is 20.4. The Bertz CT molecular complexity index is 443. The number of hydrogen-bond acceptors (Lipinski definition) is 3. The van der Waals surface area contributed by atoms with E-state index in [-0.39, 0.29) is 10.9 Å². The Morgan fingerprint density at radius 3 is 2.81 bits per heavy atom. The van der Waals surface area contributed by atoms with Crippen LogP contribution in [0.3, 0.4) is 0 Å². The summed E-state index contributed by atoms with van der Waals surface area (Å²) in [5.74, 6) is -0.800. The molecule has 1 amide bonds. The van der Waals surface area contributed by atoms with E-state index in [0.29, 0.717) is 11.3 Å². The molecule has 0 heterocycles. The first kappa shape index (κ1) is 12.8. The normalized spacial score (nSPS) is 11.6. The van der Waals surface area contributed by atoms with Gasteiger partial charge in [0.2, 0.25) is 0 Å². The molecular formula is C10H8Cl2N2O2. The van der Waals surface area contributed by atoms with E-state index in [1.807, 2.05) is 6.07 Å². The molecule has 0 saturated carbocycles. The predicted octanol–water partition coefficient (Wildman–Crippen LogP) is 1.75. The third kappa shape index (κ3) is 3.11. The Morgan fingerprint density at radius 2 is 2.31 bits per heavy atom. The maximum atomic E-state index is 11.3. The van der Waals surface area contributed by atoms with Gasteiger partial charge in [-0.25, -0.2) is 0 Å². The molecule has 0 radical (unpaired) electrons. The summed E-state index contributed by atoms with van der Waals surface area (Å²) < 4.78 is 0. The third-order valence-corrected chi connectivity index (χ3v) is 2.41. The van der Waals surface area contributed by atoms with Gasteiger partial charge in [-0.2, -0.15) is 5.26 Å². The number of halogens is 2. The van der Waals surface area contributed by atoms with Crippen LogP contribution >= 0.6 is 23.2 Å². The zero-order chi connectivity index (χ0) is 12.1. The molecule has 0 aliphatic carbocycles. The average molecular weight is 259 g/mol. The van der Waals surface area contributed by atoms with Gasteiger partial charge in [-0.15, -0.1) is 11.6 Å². The smallest absolute Gasteiger partial charge is 0.254 e. The van der Waals surface area contributed by atoms with Crippen LogP contribution in [0.4, 0.5) is 5.69 Å². The maximum Gasteiger partial charge on any atom is 0.254 e. The lowest BCUT2D eigenvalue weighted by Gasteiger charge is -2.08. The molecule has 0 bridgehead atoms. The second-order valence-electron chi connectivity index (χ2n) is 2.97. The summed E-state index contributed by atoms with van der Waals surface area (Å²) in [4.78, 5) is 11.3. The van der Waals surface area contributed by atoms with Crippen molar-refractivity contribution in [3.05, 3.63) is 28.8 Å². The van der Waals surface area contributed by atoms with Crippen molar-refractivity contribution in [3.63, 3.8) is 0 Å². The van der Waals surface area contributed by atoms with Gasteiger partial charge in [0.25, 0.3) is 5.91 Å².